The fourth-order valence-electron chi connectivity index (χ4n) is 8.40. The third-order valence-electron chi connectivity index (χ3n) is 11.1. The molecule has 0 radical (unpaired) electrons. The molecule has 0 atom stereocenters. The highest BCUT2D eigenvalue weighted by Gasteiger charge is 2.20. The van der Waals surface area contributed by atoms with Crippen molar-refractivity contribution in [2.45, 2.75) is 0 Å². The van der Waals surface area contributed by atoms with Crippen LogP contribution in [-0.2, 0) is 0 Å². The number of anilines is 3. The predicted octanol–water partition coefficient (Wildman–Crippen LogP) is 15.8. The zero-order chi connectivity index (χ0) is 38.0. The topological polar surface area (TPSA) is 3.24 Å². The SMILES string of the molecule is c1ccc(-c2cccc(N(c3ccc(-c4ccc5c(-c6ccccc6)c(-c6ccccc6)c6ccccc6c5c4)cc3)c3ccccc3-c3ccccc3)c2)cc1. The number of hydrogen-bond donors (Lipinski definition) is 0. The molecule has 0 aliphatic carbocycles. The highest BCUT2D eigenvalue weighted by Crippen LogP contribution is 2.46. The number of fused-ring (bicyclic) bond motifs is 3. The lowest BCUT2D eigenvalue weighted by atomic mass is 9.84. The molecule has 10 aromatic carbocycles. The number of para-hydroxylation sites is 1. The maximum Gasteiger partial charge on any atom is 0.0540 e. The minimum absolute atomic E-state index is 1.09. The smallest absolute Gasteiger partial charge is 0.0540 e. The number of nitrogens with zero attached hydrogens (tertiary/aromatic N) is 1. The van der Waals surface area contributed by atoms with Crippen LogP contribution in [-0.4, -0.2) is 0 Å². The maximum atomic E-state index is 2.39. The summed E-state index contributed by atoms with van der Waals surface area (Å²) < 4.78 is 0. The monoisotopic (exact) mass is 725 g/mol. The Kier molecular flexibility index (Phi) is 8.95. The minimum Gasteiger partial charge on any atom is -0.310 e. The van der Waals surface area contributed by atoms with Gasteiger partial charge < -0.3 is 4.90 Å². The molecular formula is C56H39N. The molecular weight excluding hydrogens is 687 g/mol. The third-order valence-corrected chi connectivity index (χ3v) is 11.1. The van der Waals surface area contributed by atoms with Crippen LogP contribution in [0.5, 0.6) is 0 Å². The summed E-state index contributed by atoms with van der Waals surface area (Å²) in [6, 6.07) is 85.5. The standard InChI is InChI=1S/C56H39N/c1-5-18-40(19-6-1)45-26-17-27-48(38-45)57(54-31-16-15-28-49(54)42-20-7-2-8-21-42)47-35-32-41(33-36-47)46-34-37-52-53(39-46)50-29-13-14-30-51(50)55(43-22-9-3-10-23-43)56(52)44-24-11-4-12-25-44/h1-39H. The van der Waals surface area contributed by atoms with Crippen LogP contribution in [0.25, 0.3) is 77.2 Å². The van der Waals surface area contributed by atoms with Gasteiger partial charge in [0.1, 0.15) is 0 Å². The average molecular weight is 726 g/mol. The third kappa shape index (κ3) is 6.46. The second-order valence-electron chi connectivity index (χ2n) is 14.5. The van der Waals surface area contributed by atoms with Gasteiger partial charge in [-0.25, -0.2) is 0 Å². The molecule has 0 unspecified atom stereocenters. The molecule has 0 saturated carbocycles. The van der Waals surface area contributed by atoms with Gasteiger partial charge in [0.15, 0.2) is 0 Å². The summed E-state index contributed by atoms with van der Waals surface area (Å²) in [5, 5.41) is 5.02. The van der Waals surface area contributed by atoms with E-state index < -0.39 is 0 Å². The van der Waals surface area contributed by atoms with Crippen LogP contribution in [0.1, 0.15) is 0 Å². The second-order valence-corrected chi connectivity index (χ2v) is 14.5. The number of benzene rings is 10. The molecule has 0 aromatic heterocycles. The van der Waals surface area contributed by atoms with Gasteiger partial charge in [0, 0.05) is 16.9 Å². The maximum absolute atomic E-state index is 2.39. The van der Waals surface area contributed by atoms with E-state index in [1.165, 1.54) is 77.2 Å². The molecule has 57 heavy (non-hydrogen) atoms. The minimum atomic E-state index is 1.09. The molecule has 0 aliphatic heterocycles. The van der Waals surface area contributed by atoms with E-state index in [0.717, 1.165) is 17.1 Å². The molecule has 0 heterocycles. The van der Waals surface area contributed by atoms with Crippen LogP contribution in [0.4, 0.5) is 17.1 Å². The summed E-state index contributed by atoms with van der Waals surface area (Å²) in [5.74, 6) is 0. The van der Waals surface area contributed by atoms with Crippen LogP contribution in [0, 0.1) is 0 Å². The summed E-state index contributed by atoms with van der Waals surface area (Å²) in [6.45, 7) is 0. The van der Waals surface area contributed by atoms with E-state index in [0.29, 0.717) is 0 Å². The summed E-state index contributed by atoms with van der Waals surface area (Å²) in [4.78, 5) is 2.39. The lowest BCUT2D eigenvalue weighted by Gasteiger charge is -2.28. The summed E-state index contributed by atoms with van der Waals surface area (Å²) >= 11 is 0. The molecule has 10 rings (SSSR count). The summed E-state index contributed by atoms with van der Waals surface area (Å²) in [5.41, 5.74) is 15.4. The van der Waals surface area contributed by atoms with E-state index in [9.17, 15) is 0 Å². The van der Waals surface area contributed by atoms with Crippen LogP contribution >= 0.6 is 0 Å². The molecule has 0 N–H and O–H groups in total. The van der Waals surface area contributed by atoms with Crippen LogP contribution < -0.4 is 4.90 Å². The van der Waals surface area contributed by atoms with Gasteiger partial charge in [0.2, 0.25) is 0 Å². The quantitative estimate of drug-likeness (QED) is 0.141. The van der Waals surface area contributed by atoms with Crippen molar-refractivity contribution in [1.82, 2.24) is 0 Å². The van der Waals surface area contributed by atoms with E-state index in [1.807, 2.05) is 0 Å². The fourth-order valence-corrected chi connectivity index (χ4v) is 8.40. The first-order chi connectivity index (χ1) is 28.3. The Morgan fingerprint density at radius 2 is 0.684 bits per heavy atom. The first kappa shape index (κ1) is 34.0. The number of rotatable bonds is 8. The Hall–Kier alpha value is -7.48. The van der Waals surface area contributed by atoms with Gasteiger partial charge in [0.25, 0.3) is 0 Å². The van der Waals surface area contributed by atoms with Gasteiger partial charge in [-0.15, -0.1) is 0 Å². The lowest BCUT2D eigenvalue weighted by Crippen LogP contribution is -2.11. The second kappa shape index (κ2) is 15.0. The van der Waals surface area contributed by atoms with Gasteiger partial charge >= 0.3 is 0 Å². The Balaban J connectivity index is 1.12. The van der Waals surface area contributed by atoms with Crippen molar-refractivity contribution in [2.75, 3.05) is 4.90 Å². The highest BCUT2D eigenvalue weighted by molar-refractivity contribution is 6.22. The molecule has 0 spiro atoms. The normalized spacial score (nSPS) is 11.2. The molecule has 268 valence electrons. The first-order valence-corrected chi connectivity index (χ1v) is 19.6. The molecule has 10 aromatic rings. The van der Waals surface area contributed by atoms with Gasteiger partial charge in [-0.05, 0) is 108 Å². The van der Waals surface area contributed by atoms with Crippen molar-refractivity contribution in [3.8, 4) is 55.6 Å². The van der Waals surface area contributed by atoms with Crippen molar-refractivity contribution >= 4 is 38.6 Å². The van der Waals surface area contributed by atoms with Crippen molar-refractivity contribution in [2.24, 2.45) is 0 Å². The summed E-state index contributed by atoms with van der Waals surface area (Å²) in [7, 11) is 0. The van der Waals surface area contributed by atoms with E-state index in [4.69, 9.17) is 0 Å². The van der Waals surface area contributed by atoms with Crippen molar-refractivity contribution < 1.29 is 0 Å². The van der Waals surface area contributed by atoms with E-state index in [1.54, 1.807) is 0 Å². The summed E-state index contributed by atoms with van der Waals surface area (Å²) in [6.07, 6.45) is 0. The molecule has 0 bridgehead atoms. The van der Waals surface area contributed by atoms with Gasteiger partial charge in [0.05, 0.1) is 5.69 Å². The zero-order valence-corrected chi connectivity index (χ0v) is 31.5. The first-order valence-electron chi connectivity index (χ1n) is 19.6. The van der Waals surface area contributed by atoms with E-state index in [-0.39, 0.29) is 0 Å². The van der Waals surface area contributed by atoms with Crippen molar-refractivity contribution in [1.29, 1.82) is 0 Å². The van der Waals surface area contributed by atoms with E-state index in [2.05, 4.69) is 241 Å². The van der Waals surface area contributed by atoms with Crippen molar-refractivity contribution in [3.05, 3.63) is 237 Å². The molecule has 0 fully saturated rings. The Labute approximate surface area is 334 Å². The Morgan fingerprint density at radius 1 is 0.228 bits per heavy atom. The molecule has 1 nitrogen and oxygen atoms in total. The van der Waals surface area contributed by atoms with Gasteiger partial charge in [-0.3, -0.25) is 0 Å². The van der Waals surface area contributed by atoms with Crippen LogP contribution in [0.2, 0.25) is 0 Å². The molecule has 1 heteroatoms. The number of hydrogen-bond acceptors (Lipinski definition) is 1. The largest absolute Gasteiger partial charge is 0.310 e. The molecule has 0 saturated heterocycles. The van der Waals surface area contributed by atoms with Crippen LogP contribution in [0.15, 0.2) is 237 Å². The van der Waals surface area contributed by atoms with Crippen LogP contribution in [0.3, 0.4) is 0 Å². The Bertz CT molecular complexity index is 2970. The zero-order valence-electron chi connectivity index (χ0n) is 31.5. The van der Waals surface area contributed by atoms with Crippen molar-refractivity contribution in [3.63, 3.8) is 0 Å². The lowest BCUT2D eigenvalue weighted by molar-refractivity contribution is 1.28. The molecule has 0 aliphatic rings. The highest BCUT2D eigenvalue weighted by atomic mass is 15.1. The Morgan fingerprint density at radius 3 is 1.33 bits per heavy atom. The average Bonchev–Trinajstić information content (AvgIpc) is 3.30. The fraction of sp³-hybridized carbons (Fsp3) is 0. The van der Waals surface area contributed by atoms with Gasteiger partial charge in [-0.2, -0.15) is 0 Å². The predicted molar refractivity (Wildman–Crippen MR) is 243 cm³/mol. The molecule has 0 amide bonds. The van der Waals surface area contributed by atoms with Gasteiger partial charge in [-0.1, -0.05) is 200 Å². The van der Waals surface area contributed by atoms with E-state index >= 15 is 0 Å².